The predicted octanol–water partition coefficient (Wildman–Crippen LogP) is 2.94. The molecule has 0 saturated carbocycles. The molecule has 2 rings (SSSR count). The summed E-state index contributed by atoms with van der Waals surface area (Å²) in [5.41, 5.74) is 2.17. The molecule has 0 aliphatic rings. The fourth-order valence-corrected chi connectivity index (χ4v) is 2.10. The lowest BCUT2D eigenvalue weighted by Crippen LogP contribution is -2.11. The van der Waals surface area contributed by atoms with Crippen molar-refractivity contribution >= 4 is 15.9 Å². The SMILES string of the molecule is CCNCc1cnn(Cc2ccc(F)c(Br)c2)c1. The maximum Gasteiger partial charge on any atom is 0.137 e. The third-order valence-electron chi connectivity index (χ3n) is 2.59. The molecular formula is C13H15BrFN3. The third kappa shape index (κ3) is 3.40. The molecule has 2 aromatic rings. The van der Waals surface area contributed by atoms with Crippen molar-refractivity contribution in [3.8, 4) is 0 Å². The minimum Gasteiger partial charge on any atom is -0.313 e. The zero-order chi connectivity index (χ0) is 13.0. The van der Waals surface area contributed by atoms with Gasteiger partial charge in [0.1, 0.15) is 5.82 Å². The molecule has 1 heterocycles. The zero-order valence-corrected chi connectivity index (χ0v) is 11.7. The molecule has 0 spiro atoms. The lowest BCUT2D eigenvalue weighted by Gasteiger charge is -2.03. The van der Waals surface area contributed by atoms with Gasteiger partial charge in [-0.3, -0.25) is 4.68 Å². The van der Waals surface area contributed by atoms with Crippen LogP contribution in [0.25, 0.3) is 0 Å². The molecule has 0 atom stereocenters. The summed E-state index contributed by atoms with van der Waals surface area (Å²) < 4.78 is 15.4. The molecule has 0 aliphatic heterocycles. The number of hydrogen-bond acceptors (Lipinski definition) is 2. The molecule has 1 aromatic carbocycles. The van der Waals surface area contributed by atoms with Crippen LogP contribution in [0.3, 0.4) is 0 Å². The van der Waals surface area contributed by atoms with Crippen LogP contribution in [0.15, 0.2) is 35.1 Å². The molecule has 5 heteroatoms. The molecular weight excluding hydrogens is 297 g/mol. The van der Waals surface area contributed by atoms with Crippen LogP contribution in [0.2, 0.25) is 0 Å². The Balaban J connectivity index is 2.04. The minimum atomic E-state index is -0.243. The quantitative estimate of drug-likeness (QED) is 0.920. The lowest BCUT2D eigenvalue weighted by molar-refractivity contribution is 0.617. The van der Waals surface area contributed by atoms with Gasteiger partial charge in [0.15, 0.2) is 0 Å². The first-order valence-corrected chi connectivity index (χ1v) is 6.64. The summed E-state index contributed by atoms with van der Waals surface area (Å²) in [7, 11) is 0. The highest BCUT2D eigenvalue weighted by atomic mass is 79.9. The largest absolute Gasteiger partial charge is 0.313 e. The first-order valence-electron chi connectivity index (χ1n) is 5.85. The second kappa shape index (κ2) is 6.11. The first kappa shape index (κ1) is 13.2. The Morgan fingerprint density at radius 3 is 2.94 bits per heavy atom. The number of nitrogens with zero attached hydrogens (tertiary/aromatic N) is 2. The minimum absolute atomic E-state index is 0.243. The van der Waals surface area contributed by atoms with Gasteiger partial charge in [-0.1, -0.05) is 13.0 Å². The van der Waals surface area contributed by atoms with Crippen molar-refractivity contribution in [1.82, 2.24) is 15.1 Å². The topological polar surface area (TPSA) is 29.9 Å². The van der Waals surface area contributed by atoms with E-state index in [1.54, 1.807) is 12.1 Å². The summed E-state index contributed by atoms with van der Waals surface area (Å²) in [4.78, 5) is 0. The average Bonchev–Trinajstić information content (AvgIpc) is 2.79. The van der Waals surface area contributed by atoms with E-state index in [4.69, 9.17) is 0 Å². The van der Waals surface area contributed by atoms with Crippen molar-refractivity contribution in [3.63, 3.8) is 0 Å². The Kier molecular flexibility index (Phi) is 4.49. The maximum atomic E-state index is 13.1. The van der Waals surface area contributed by atoms with Gasteiger partial charge < -0.3 is 5.32 Å². The van der Waals surface area contributed by atoms with Crippen molar-refractivity contribution in [1.29, 1.82) is 0 Å². The molecule has 0 aliphatic carbocycles. The van der Waals surface area contributed by atoms with E-state index < -0.39 is 0 Å². The number of aromatic nitrogens is 2. The summed E-state index contributed by atoms with van der Waals surface area (Å²) in [6.07, 6.45) is 3.85. The second-order valence-electron chi connectivity index (χ2n) is 4.07. The number of nitrogens with one attached hydrogen (secondary N) is 1. The van der Waals surface area contributed by atoms with Crippen molar-refractivity contribution in [3.05, 3.63) is 52.0 Å². The van der Waals surface area contributed by atoms with Gasteiger partial charge in [-0.15, -0.1) is 0 Å². The van der Waals surface area contributed by atoms with Crippen LogP contribution in [0.4, 0.5) is 4.39 Å². The van der Waals surface area contributed by atoms with Crippen LogP contribution in [-0.4, -0.2) is 16.3 Å². The number of hydrogen-bond donors (Lipinski definition) is 1. The summed E-state index contributed by atoms with van der Waals surface area (Å²) in [5, 5.41) is 7.53. The fraction of sp³-hybridized carbons (Fsp3) is 0.308. The summed E-state index contributed by atoms with van der Waals surface area (Å²) >= 11 is 3.18. The van der Waals surface area contributed by atoms with Crippen molar-refractivity contribution < 1.29 is 4.39 Å². The lowest BCUT2D eigenvalue weighted by atomic mass is 10.2. The van der Waals surface area contributed by atoms with E-state index in [0.717, 1.165) is 24.2 Å². The van der Waals surface area contributed by atoms with E-state index >= 15 is 0 Å². The zero-order valence-electron chi connectivity index (χ0n) is 10.2. The fourth-order valence-electron chi connectivity index (χ4n) is 1.68. The van der Waals surface area contributed by atoms with E-state index in [1.807, 2.05) is 17.1 Å². The van der Waals surface area contributed by atoms with Gasteiger partial charge in [-0.25, -0.2) is 4.39 Å². The predicted molar refractivity (Wildman–Crippen MR) is 72.8 cm³/mol. The monoisotopic (exact) mass is 311 g/mol. The Labute approximate surface area is 114 Å². The highest BCUT2D eigenvalue weighted by Crippen LogP contribution is 2.17. The molecule has 0 radical (unpaired) electrons. The van der Waals surface area contributed by atoms with Crippen LogP contribution < -0.4 is 5.32 Å². The Morgan fingerprint density at radius 1 is 1.39 bits per heavy atom. The van der Waals surface area contributed by atoms with Crippen molar-refractivity contribution in [2.24, 2.45) is 0 Å². The van der Waals surface area contributed by atoms with Crippen LogP contribution in [0.5, 0.6) is 0 Å². The molecule has 0 unspecified atom stereocenters. The number of halogens is 2. The van der Waals surface area contributed by atoms with Crippen LogP contribution in [-0.2, 0) is 13.1 Å². The van der Waals surface area contributed by atoms with E-state index in [9.17, 15) is 4.39 Å². The average molecular weight is 312 g/mol. The molecule has 0 amide bonds. The van der Waals surface area contributed by atoms with Gasteiger partial charge in [-0.2, -0.15) is 5.10 Å². The van der Waals surface area contributed by atoms with Gasteiger partial charge in [-0.05, 0) is 40.2 Å². The Bertz CT molecular complexity index is 525. The van der Waals surface area contributed by atoms with Gasteiger partial charge in [0, 0.05) is 18.3 Å². The number of benzene rings is 1. The molecule has 96 valence electrons. The van der Waals surface area contributed by atoms with E-state index in [2.05, 4.69) is 33.3 Å². The van der Waals surface area contributed by atoms with Gasteiger partial charge in [0.25, 0.3) is 0 Å². The van der Waals surface area contributed by atoms with Crippen LogP contribution in [0.1, 0.15) is 18.1 Å². The smallest absolute Gasteiger partial charge is 0.137 e. The Hall–Kier alpha value is -1.20. The molecule has 0 fully saturated rings. The highest BCUT2D eigenvalue weighted by Gasteiger charge is 2.03. The van der Waals surface area contributed by atoms with Crippen molar-refractivity contribution in [2.45, 2.75) is 20.0 Å². The van der Waals surface area contributed by atoms with Crippen LogP contribution >= 0.6 is 15.9 Å². The van der Waals surface area contributed by atoms with Gasteiger partial charge in [0.05, 0.1) is 17.2 Å². The third-order valence-corrected chi connectivity index (χ3v) is 3.20. The maximum absolute atomic E-state index is 13.1. The van der Waals surface area contributed by atoms with Crippen LogP contribution in [0, 0.1) is 5.82 Å². The molecule has 1 N–H and O–H groups in total. The molecule has 0 bridgehead atoms. The standard InChI is InChI=1S/C13H15BrFN3/c1-2-16-6-11-7-17-18(9-11)8-10-3-4-13(15)12(14)5-10/h3-5,7,9,16H,2,6,8H2,1H3. The molecule has 0 saturated heterocycles. The van der Waals surface area contributed by atoms with E-state index in [1.165, 1.54) is 6.07 Å². The van der Waals surface area contributed by atoms with E-state index in [0.29, 0.717) is 11.0 Å². The van der Waals surface area contributed by atoms with Crippen molar-refractivity contribution in [2.75, 3.05) is 6.54 Å². The first-order chi connectivity index (χ1) is 8.69. The number of rotatable bonds is 5. The highest BCUT2D eigenvalue weighted by molar-refractivity contribution is 9.10. The second-order valence-corrected chi connectivity index (χ2v) is 4.93. The normalized spacial score (nSPS) is 10.8. The Morgan fingerprint density at radius 2 is 2.22 bits per heavy atom. The summed E-state index contributed by atoms with van der Waals surface area (Å²) in [6.45, 7) is 4.48. The molecule has 1 aromatic heterocycles. The summed E-state index contributed by atoms with van der Waals surface area (Å²) in [6, 6.07) is 5.01. The van der Waals surface area contributed by atoms with E-state index in [-0.39, 0.29) is 5.82 Å². The summed E-state index contributed by atoms with van der Waals surface area (Å²) in [5.74, 6) is -0.243. The van der Waals surface area contributed by atoms with Gasteiger partial charge in [0.2, 0.25) is 0 Å². The van der Waals surface area contributed by atoms with Gasteiger partial charge >= 0.3 is 0 Å². The molecule has 18 heavy (non-hydrogen) atoms. The molecule has 3 nitrogen and oxygen atoms in total.